The Balaban J connectivity index is 2.16. The second kappa shape index (κ2) is 5.05. The summed E-state index contributed by atoms with van der Waals surface area (Å²) in [5.41, 5.74) is 2.06. The predicted octanol–water partition coefficient (Wildman–Crippen LogP) is 2.03. The average molecular weight is 286 g/mol. The number of esters is 1. The minimum absolute atomic E-state index is 0.0227. The molecule has 6 heteroatoms. The molecule has 0 fully saturated rings. The highest BCUT2D eigenvalue weighted by Crippen LogP contribution is 2.39. The second-order valence-corrected chi connectivity index (χ2v) is 4.86. The molecule has 1 aliphatic rings. The van der Waals surface area contributed by atoms with E-state index in [2.05, 4.69) is 5.16 Å². The largest absolute Gasteiger partial charge is 0.469 e. The van der Waals surface area contributed by atoms with E-state index in [1.165, 1.54) is 12.0 Å². The first-order chi connectivity index (χ1) is 10.1. The molecule has 3 rings (SSSR count). The molecule has 0 saturated heterocycles. The number of aromatic nitrogens is 1. The fourth-order valence-electron chi connectivity index (χ4n) is 2.57. The molecule has 0 aliphatic carbocycles. The van der Waals surface area contributed by atoms with Gasteiger partial charge in [0.25, 0.3) is 5.91 Å². The van der Waals surface area contributed by atoms with Gasteiger partial charge in [-0.1, -0.05) is 23.4 Å². The Morgan fingerprint density at radius 1 is 1.33 bits per heavy atom. The quantitative estimate of drug-likeness (QED) is 0.790. The maximum absolute atomic E-state index is 12.6. The van der Waals surface area contributed by atoms with Gasteiger partial charge in [-0.25, -0.2) is 0 Å². The number of hydrogen-bond acceptors (Lipinski definition) is 5. The first-order valence-corrected chi connectivity index (χ1v) is 6.51. The molecule has 1 amide bonds. The van der Waals surface area contributed by atoms with Crippen molar-refractivity contribution >= 4 is 11.9 Å². The summed E-state index contributed by atoms with van der Waals surface area (Å²) in [6, 6.07) is 6.72. The number of ether oxygens (including phenoxy) is 1. The third-order valence-electron chi connectivity index (χ3n) is 3.72. The molecule has 0 spiro atoms. The molecule has 0 unspecified atom stereocenters. The van der Waals surface area contributed by atoms with Crippen LogP contribution in [-0.2, 0) is 9.53 Å². The summed E-state index contributed by atoms with van der Waals surface area (Å²) in [7, 11) is 2.96. The van der Waals surface area contributed by atoms with Crippen LogP contribution in [0.15, 0.2) is 35.0 Å². The SMILES string of the molecule is COC(=O)C[C@H]1c2oncc2-c2ccccc2C(=O)N1C. The molecule has 0 radical (unpaired) electrons. The predicted molar refractivity (Wildman–Crippen MR) is 73.4 cm³/mol. The first kappa shape index (κ1) is 13.4. The molecule has 2 heterocycles. The maximum atomic E-state index is 12.6. The van der Waals surface area contributed by atoms with Crippen molar-refractivity contribution in [2.45, 2.75) is 12.5 Å². The summed E-state index contributed by atoms with van der Waals surface area (Å²) in [6.07, 6.45) is 1.60. The number of rotatable bonds is 2. The number of methoxy groups -OCH3 is 1. The third kappa shape index (κ3) is 2.08. The molecule has 0 bridgehead atoms. The summed E-state index contributed by atoms with van der Waals surface area (Å²) in [4.78, 5) is 25.7. The molecule has 21 heavy (non-hydrogen) atoms. The van der Waals surface area contributed by atoms with Gasteiger partial charge in [0.1, 0.15) is 6.04 Å². The van der Waals surface area contributed by atoms with Crippen LogP contribution in [0.1, 0.15) is 28.6 Å². The van der Waals surface area contributed by atoms with E-state index in [1.54, 1.807) is 25.4 Å². The van der Waals surface area contributed by atoms with Crippen LogP contribution in [0.5, 0.6) is 0 Å². The Kier molecular flexibility index (Phi) is 3.21. The lowest BCUT2D eigenvalue weighted by molar-refractivity contribution is -0.141. The van der Waals surface area contributed by atoms with Gasteiger partial charge in [0.2, 0.25) is 0 Å². The Bertz CT molecular complexity index is 707. The van der Waals surface area contributed by atoms with Crippen molar-refractivity contribution in [3.63, 3.8) is 0 Å². The van der Waals surface area contributed by atoms with Gasteiger partial charge in [0.05, 0.1) is 19.7 Å². The van der Waals surface area contributed by atoms with E-state index in [-0.39, 0.29) is 12.3 Å². The molecule has 108 valence electrons. The van der Waals surface area contributed by atoms with Crippen molar-refractivity contribution in [1.82, 2.24) is 10.1 Å². The van der Waals surface area contributed by atoms with Gasteiger partial charge in [0, 0.05) is 18.2 Å². The van der Waals surface area contributed by atoms with Gasteiger partial charge >= 0.3 is 5.97 Å². The van der Waals surface area contributed by atoms with Gasteiger partial charge in [-0.2, -0.15) is 0 Å². The molecular weight excluding hydrogens is 272 g/mol. The number of fused-ring (bicyclic) bond motifs is 3. The first-order valence-electron chi connectivity index (χ1n) is 6.51. The minimum Gasteiger partial charge on any atom is -0.469 e. The van der Waals surface area contributed by atoms with Crippen molar-refractivity contribution in [2.24, 2.45) is 0 Å². The number of carbonyl (C=O) groups excluding carboxylic acids is 2. The normalized spacial score (nSPS) is 17.0. The van der Waals surface area contributed by atoms with E-state index < -0.39 is 12.0 Å². The van der Waals surface area contributed by atoms with Gasteiger partial charge in [-0.3, -0.25) is 9.59 Å². The summed E-state index contributed by atoms with van der Waals surface area (Å²) < 4.78 is 10.0. The zero-order chi connectivity index (χ0) is 15.0. The molecule has 6 nitrogen and oxygen atoms in total. The standard InChI is InChI=1S/C15H14N2O4/c1-17-12(7-13(18)20-2)14-11(8-16-21-14)9-5-3-4-6-10(9)15(17)19/h3-6,8,12H,7H2,1-2H3/t12-/m0/s1. The molecule has 2 aromatic rings. The minimum atomic E-state index is -0.533. The van der Waals surface area contributed by atoms with E-state index >= 15 is 0 Å². The number of hydrogen-bond donors (Lipinski definition) is 0. The zero-order valence-corrected chi connectivity index (χ0v) is 11.7. The fourth-order valence-corrected chi connectivity index (χ4v) is 2.57. The second-order valence-electron chi connectivity index (χ2n) is 4.86. The highest BCUT2D eigenvalue weighted by atomic mass is 16.5. The summed E-state index contributed by atoms with van der Waals surface area (Å²) in [5.74, 6) is -0.0694. The Morgan fingerprint density at radius 3 is 2.76 bits per heavy atom. The summed E-state index contributed by atoms with van der Waals surface area (Å²) >= 11 is 0. The molecule has 1 atom stereocenters. The monoisotopic (exact) mass is 286 g/mol. The van der Waals surface area contributed by atoms with Crippen LogP contribution in [0.25, 0.3) is 11.1 Å². The summed E-state index contributed by atoms with van der Waals surface area (Å²) in [6.45, 7) is 0. The van der Waals surface area contributed by atoms with Crippen LogP contribution in [-0.4, -0.2) is 36.1 Å². The Morgan fingerprint density at radius 2 is 2.05 bits per heavy atom. The molecule has 1 aromatic heterocycles. The lowest BCUT2D eigenvalue weighted by Crippen LogP contribution is -2.31. The number of carbonyl (C=O) groups is 2. The van der Waals surface area contributed by atoms with E-state index in [0.29, 0.717) is 11.3 Å². The molecule has 0 N–H and O–H groups in total. The van der Waals surface area contributed by atoms with E-state index in [1.807, 2.05) is 12.1 Å². The number of nitrogens with zero attached hydrogens (tertiary/aromatic N) is 2. The third-order valence-corrected chi connectivity index (χ3v) is 3.72. The Labute approximate surface area is 121 Å². The van der Waals surface area contributed by atoms with Crippen molar-refractivity contribution in [3.8, 4) is 11.1 Å². The average Bonchev–Trinajstić information content (AvgIpc) is 2.97. The number of amides is 1. The topological polar surface area (TPSA) is 72.6 Å². The van der Waals surface area contributed by atoms with E-state index in [9.17, 15) is 9.59 Å². The highest BCUT2D eigenvalue weighted by Gasteiger charge is 2.35. The van der Waals surface area contributed by atoms with Crippen molar-refractivity contribution in [3.05, 3.63) is 41.8 Å². The van der Waals surface area contributed by atoms with E-state index in [4.69, 9.17) is 9.26 Å². The zero-order valence-electron chi connectivity index (χ0n) is 11.7. The van der Waals surface area contributed by atoms with E-state index in [0.717, 1.165) is 11.1 Å². The van der Waals surface area contributed by atoms with Crippen LogP contribution in [0.3, 0.4) is 0 Å². The maximum Gasteiger partial charge on any atom is 0.308 e. The van der Waals surface area contributed by atoms with Crippen molar-refractivity contribution in [2.75, 3.05) is 14.2 Å². The van der Waals surface area contributed by atoms with Gasteiger partial charge in [0.15, 0.2) is 5.76 Å². The van der Waals surface area contributed by atoms with Crippen LogP contribution in [0, 0.1) is 0 Å². The fraction of sp³-hybridized carbons (Fsp3) is 0.267. The lowest BCUT2D eigenvalue weighted by atomic mass is 10.00. The van der Waals surface area contributed by atoms with Gasteiger partial charge < -0.3 is 14.2 Å². The van der Waals surface area contributed by atoms with Crippen molar-refractivity contribution < 1.29 is 18.8 Å². The van der Waals surface area contributed by atoms with Crippen LogP contribution in [0.2, 0.25) is 0 Å². The van der Waals surface area contributed by atoms with Gasteiger partial charge in [-0.05, 0) is 11.6 Å². The highest BCUT2D eigenvalue weighted by molar-refractivity contribution is 6.02. The summed E-state index contributed by atoms with van der Waals surface area (Å²) in [5, 5.41) is 3.82. The van der Waals surface area contributed by atoms with Crippen LogP contribution >= 0.6 is 0 Å². The number of benzene rings is 1. The smallest absolute Gasteiger partial charge is 0.308 e. The molecular formula is C15H14N2O4. The molecule has 1 aromatic carbocycles. The van der Waals surface area contributed by atoms with Crippen molar-refractivity contribution in [1.29, 1.82) is 0 Å². The van der Waals surface area contributed by atoms with Crippen LogP contribution < -0.4 is 0 Å². The lowest BCUT2D eigenvalue weighted by Gasteiger charge is -2.24. The molecule has 0 saturated carbocycles. The Hall–Kier alpha value is -2.63. The molecule has 1 aliphatic heterocycles. The van der Waals surface area contributed by atoms with Gasteiger partial charge in [-0.15, -0.1) is 0 Å². The van der Waals surface area contributed by atoms with Crippen LogP contribution in [0.4, 0.5) is 0 Å².